The minimum atomic E-state index is -0.0806. The van der Waals surface area contributed by atoms with Crippen LogP contribution in [-0.2, 0) is 6.54 Å². The second-order valence-electron chi connectivity index (χ2n) is 7.07. The maximum absolute atomic E-state index is 13.2. The molecule has 150 valence electrons. The molecule has 5 rings (SSSR count). The summed E-state index contributed by atoms with van der Waals surface area (Å²) in [5, 5.41) is 1.15. The molecule has 2 heterocycles. The zero-order valence-electron chi connectivity index (χ0n) is 16.2. The van der Waals surface area contributed by atoms with Crippen LogP contribution in [0.2, 0.25) is 5.02 Å². The van der Waals surface area contributed by atoms with Crippen molar-refractivity contribution in [2.75, 3.05) is 18.7 Å². The Kier molecular flexibility index (Phi) is 4.60. The Labute approximate surface area is 178 Å². The van der Waals surface area contributed by atoms with Gasteiger partial charge in [0.2, 0.25) is 5.43 Å². The van der Waals surface area contributed by atoms with Crippen molar-refractivity contribution in [1.82, 2.24) is 0 Å². The molecule has 0 aliphatic carbocycles. The van der Waals surface area contributed by atoms with Gasteiger partial charge in [-0.05, 0) is 54.1 Å². The van der Waals surface area contributed by atoms with E-state index in [1.54, 1.807) is 25.3 Å². The fraction of sp³-hybridized carbons (Fsp3) is 0.125. The van der Waals surface area contributed by atoms with E-state index in [1.807, 2.05) is 42.5 Å². The first-order valence-corrected chi connectivity index (χ1v) is 9.87. The van der Waals surface area contributed by atoms with E-state index in [4.69, 9.17) is 25.5 Å². The summed E-state index contributed by atoms with van der Waals surface area (Å²) >= 11 is 5.97. The number of benzene rings is 3. The topological polar surface area (TPSA) is 51.9 Å². The molecule has 4 aromatic rings. The van der Waals surface area contributed by atoms with Gasteiger partial charge < -0.3 is 18.8 Å². The first kappa shape index (κ1) is 18.6. The van der Waals surface area contributed by atoms with Gasteiger partial charge in [0.1, 0.15) is 23.3 Å². The molecule has 1 aliphatic heterocycles. The van der Waals surface area contributed by atoms with Crippen LogP contribution in [0.25, 0.3) is 22.1 Å². The van der Waals surface area contributed by atoms with Crippen LogP contribution < -0.4 is 19.8 Å². The number of hydrogen-bond donors (Lipinski definition) is 0. The summed E-state index contributed by atoms with van der Waals surface area (Å²) in [6, 6.07) is 18.5. The van der Waals surface area contributed by atoms with E-state index in [9.17, 15) is 4.79 Å². The van der Waals surface area contributed by atoms with Crippen molar-refractivity contribution < 1.29 is 13.9 Å². The van der Waals surface area contributed by atoms with Crippen LogP contribution in [0.1, 0.15) is 5.56 Å². The highest BCUT2D eigenvalue weighted by atomic mass is 35.5. The summed E-state index contributed by atoms with van der Waals surface area (Å²) in [4.78, 5) is 15.2. The van der Waals surface area contributed by atoms with Gasteiger partial charge in [0.25, 0.3) is 0 Å². The fourth-order valence-corrected chi connectivity index (χ4v) is 3.82. The first-order valence-electron chi connectivity index (χ1n) is 9.49. The number of anilines is 1. The van der Waals surface area contributed by atoms with Gasteiger partial charge in [0.05, 0.1) is 30.2 Å². The molecule has 3 aromatic carbocycles. The minimum Gasteiger partial charge on any atom is -0.497 e. The molecule has 0 N–H and O–H groups in total. The molecule has 0 saturated heterocycles. The first-order chi connectivity index (χ1) is 14.6. The second kappa shape index (κ2) is 7.43. The van der Waals surface area contributed by atoms with Crippen LogP contribution in [0.5, 0.6) is 11.5 Å². The van der Waals surface area contributed by atoms with E-state index in [1.165, 1.54) is 6.26 Å². The zero-order valence-corrected chi connectivity index (χ0v) is 17.0. The Morgan fingerprint density at radius 2 is 1.77 bits per heavy atom. The van der Waals surface area contributed by atoms with Gasteiger partial charge in [-0.2, -0.15) is 0 Å². The van der Waals surface area contributed by atoms with E-state index < -0.39 is 0 Å². The van der Waals surface area contributed by atoms with Crippen LogP contribution in [0, 0.1) is 0 Å². The lowest BCUT2D eigenvalue weighted by Crippen LogP contribution is -2.32. The Bertz CT molecular complexity index is 1280. The molecule has 30 heavy (non-hydrogen) atoms. The maximum Gasteiger partial charge on any atom is 0.200 e. The molecule has 6 heteroatoms. The molecular weight excluding hydrogens is 402 g/mol. The van der Waals surface area contributed by atoms with Crippen molar-refractivity contribution in [3.8, 4) is 22.6 Å². The van der Waals surface area contributed by atoms with E-state index in [-0.39, 0.29) is 5.43 Å². The van der Waals surface area contributed by atoms with E-state index >= 15 is 0 Å². The molecule has 0 unspecified atom stereocenters. The maximum atomic E-state index is 13.2. The van der Waals surface area contributed by atoms with Crippen LogP contribution >= 0.6 is 11.6 Å². The number of fused-ring (bicyclic) bond motifs is 3. The van der Waals surface area contributed by atoms with Gasteiger partial charge in [0.15, 0.2) is 6.73 Å². The number of nitrogens with zero attached hydrogens (tertiary/aromatic N) is 1. The standard InChI is InChI=1S/C24H18ClNO4/c1-28-18-8-6-17(7-9-18)26-12-20-22(30-14-26)11-10-19-23(27)21(13-29-24(19)20)15-2-4-16(25)5-3-15/h2-11,13H,12,14H2,1H3. The smallest absolute Gasteiger partial charge is 0.200 e. The van der Waals surface area contributed by atoms with Gasteiger partial charge in [-0.3, -0.25) is 4.79 Å². The van der Waals surface area contributed by atoms with Crippen molar-refractivity contribution >= 4 is 28.3 Å². The normalized spacial score (nSPS) is 13.1. The lowest BCUT2D eigenvalue weighted by atomic mass is 10.0. The summed E-state index contributed by atoms with van der Waals surface area (Å²) in [5.41, 5.74) is 3.59. The lowest BCUT2D eigenvalue weighted by molar-refractivity contribution is 0.289. The van der Waals surface area contributed by atoms with Gasteiger partial charge in [-0.15, -0.1) is 0 Å². The Morgan fingerprint density at radius 3 is 2.50 bits per heavy atom. The monoisotopic (exact) mass is 419 g/mol. The highest BCUT2D eigenvalue weighted by Crippen LogP contribution is 2.34. The lowest BCUT2D eigenvalue weighted by Gasteiger charge is -2.31. The summed E-state index contributed by atoms with van der Waals surface area (Å²) in [6.07, 6.45) is 1.51. The Morgan fingerprint density at radius 1 is 1.00 bits per heavy atom. The third-order valence-corrected chi connectivity index (χ3v) is 5.57. The molecule has 1 aromatic heterocycles. The van der Waals surface area contributed by atoms with Gasteiger partial charge in [-0.25, -0.2) is 0 Å². The molecule has 5 nitrogen and oxygen atoms in total. The minimum absolute atomic E-state index is 0.0806. The van der Waals surface area contributed by atoms with Crippen LogP contribution in [0.3, 0.4) is 0 Å². The van der Waals surface area contributed by atoms with Crippen molar-refractivity contribution in [2.24, 2.45) is 0 Å². The van der Waals surface area contributed by atoms with Crippen LogP contribution in [0.15, 0.2) is 76.1 Å². The van der Waals surface area contributed by atoms with Crippen LogP contribution in [0.4, 0.5) is 5.69 Å². The zero-order chi connectivity index (χ0) is 20.7. The summed E-state index contributed by atoms with van der Waals surface area (Å²) in [7, 11) is 1.64. The predicted octanol–water partition coefficient (Wildman–Crippen LogP) is 5.48. The average Bonchev–Trinajstić information content (AvgIpc) is 2.79. The molecule has 0 amide bonds. The van der Waals surface area contributed by atoms with Crippen molar-refractivity contribution in [2.45, 2.75) is 6.54 Å². The van der Waals surface area contributed by atoms with E-state index in [0.29, 0.717) is 34.8 Å². The van der Waals surface area contributed by atoms with Gasteiger partial charge in [-0.1, -0.05) is 23.7 Å². The second-order valence-corrected chi connectivity index (χ2v) is 7.51. The molecule has 0 bridgehead atoms. The molecule has 0 atom stereocenters. The van der Waals surface area contributed by atoms with Gasteiger partial charge >= 0.3 is 0 Å². The molecule has 0 spiro atoms. The highest BCUT2D eigenvalue weighted by Gasteiger charge is 2.23. The number of ether oxygens (including phenoxy) is 2. The number of methoxy groups -OCH3 is 1. The summed E-state index contributed by atoms with van der Waals surface area (Å²) < 4.78 is 17.1. The molecule has 0 radical (unpaired) electrons. The molecule has 0 fully saturated rings. The quantitative estimate of drug-likeness (QED) is 0.440. The van der Waals surface area contributed by atoms with Crippen molar-refractivity contribution in [3.63, 3.8) is 0 Å². The third kappa shape index (κ3) is 3.17. The average molecular weight is 420 g/mol. The Balaban J connectivity index is 1.56. The number of hydrogen-bond acceptors (Lipinski definition) is 5. The predicted molar refractivity (Wildman–Crippen MR) is 118 cm³/mol. The van der Waals surface area contributed by atoms with E-state index in [2.05, 4.69) is 4.90 Å². The van der Waals surface area contributed by atoms with Crippen LogP contribution in [-0.4, -0.2) is 13.8 Å². The Hall–Kier alpha value is -3.44. The van der Waals surface area contributed by atoms with Gasteiger partial charge in [0, 0.05) is 10.7 Å². The highest BCUT2D eigenvalue weighted by molar-refractivity contribution is 6.30. The number of rotatable bonds is 3. The summed E-state index contributed by atoms with van der Waals surface area (Å²) in [5.74, 6) is 1.53. The largest absolute Gasteiger partial charge is 0.497 e. The third-order valence-electron chi connectivity index (χ3n) is 5.32. The molecule has 0 saturated carbocycles. The fourth-order valence-electron chi connectivity index (χ4n) is 3.70. The van der Waals surface area contributed by atoms with E-state index in [0.717, 1.165) is 28.3 Å². The number of halogens is 1. The SMILES string of the molecule is COc1ccc(N2COc3ccc4c(=O)c(-c5ccc(Cl)cc5)coc4c3C2)cc1. The van der Waals surface area contributed by atoms with Crippen molar-refractivity contribution in [1.29, 1.82) is 0 Å². The summed E-state index contributed by atoms with van der Waals surface area (Å²) in [6.45, 7) is 0.986. The van der Waals surface area contributed by atoms with Crippen molar-refractivity contribution in [3.05, 3.63) is 87.7 Å². The molecular formula is C24H18ClNO4. The molecule has 1 aliphatic rings.